The van der Waals surface area contributed by atoms with E-state index in [1.54, 1.807) is 6.20 Å². The summed E-state index contributed by atoms with van der Waals surface area (Å²) in [5.74, 6) is 0.807. The summed E-state index contributed by atoms with van der Waals surface area (Å²) in [6, 6.07) is 1.87. The molecule has 0 aliphatic heterocycles. The van der Waals surface area contributed by atoms with Gasteiger partial charge in [-0.2, -0.15) is 0 Å². The van der Waals surface area contributed by atoms with E-state index in [1.165, 1.54) is 24.8 Å². The Labute approximate surface area is 86.5 Å². The number of nitrogens with two attached hydrogens (primary N) is 1. The molecule has 0 saturated carbocycles. The highest BCUT2D eigenvalue weighted by atomic mass is 14.7. The molecule has 0 fully saturated rings. The standard InChI is InChI=1S/C12H20N2/c1-10(2)5-3-4-6-11-9-14-8-7-12(11)13/h7-10H,3-6H2,1-2H3,(H2,13,14). The maximum Gasteiger partial charge on any atom is 0.0377 e. The molecule has 0 saturated heterocycles. The number of nitrogens with zero attached hydrogens (tertiary/aromatic N) is 1. The number of aryl methyl sites for hydroxylation is 1. The van der Waals surface area contributed by atoms with Gasteiger partial charge in [-0.25, -0.2) is 0 Å². The van der Waals surface area contributed by atoms with E-state index < -0.39 is 0 Å². The number of rotatable bonds is 5. The number of aromatic nitrogens is 1. The molecule has 0 spiro atoms. The van der Waals surface area contributed by atoms with Crippen LogP contribution in [0.15, 0.2) is 18.5 Å². The van der Waals surface area contributed by atoms with Crippen LogP contribution < -0.4 is 5.73 Å². The zero-order chi connectivity index (χ0) is 10.4. The lowest BCUT2D eigenvalue weighted by Crippen LogP contribution is -1.96. The molecule has 1 heterocycles. The van der Waals surface area contributed by atoms with Crippen molar-refractivity contribution in [2.45, 2.75) is 39.5 Å². The summed E-state index contributed by atoms with van der Waals surface area (Å²) in [5.41, 5.74) is 7.89. The van der Waals surface area contributed by atoms with Gasteiger partial charge in [0.25, 0.3) is 0 Å². The summed E-state index contributed by atoms with van der Waals surface area (Å²) < 4.78 is 0. The molecule has 1 rings (SSSR count). The van der Waals surface area contributed by atoms with Crippen molar-refractivity contribution in [1.29, 1.82) is 0 Å². The first kappa shape index (κ1) is 11.0. The van der Waals surface area contributed by atoms with Crippen LogP contribution in [0.1, 0.15) is 38.7 Å². The molecular weight excluding hydrogens is 172 g/mol. The van der Waals surface area contributed by atoms with Gasteiger partial charge in [-0.05, 0) is 30.4 Å². The molecule has 0 bridgehead atoms. The number of hydrogen-bond donors (Lipinski definition) is 1. The molecular formula is C12H20N2. The molecule has 0 aliphatic carbocycles. The fourth-order valence-corrected chi connectivity index (χ4v) is 1.51. The van der Waals surface area contributed by atoms with E-state index in [9.17, 15) is 0 Å². The average molecular weight is 192 g/mol. The molecule has 78 valence electrons. The molecule has 2 N–H and O–H groups in total. The van der Waals surface area contributed by atoms with Gasteiger partial charge in [-0.3, -0.25) is 4.98 Å². The maximum absolute atomic E-state index is 5.82. The lowest BCUT2D eigenvalue weighted by Gasteiger charge is -2.05. The number of anilines is 1. The Balaban J connectivity index is 2.28. The van der Waals surface area contributed by atoms with E-state index >= 15 is 0 Å². The van der Waals surface area contributed by atoms with Gasteiger partial charge in [0.05, 0.1) is 0 Å². The van der Waals surface area contributed by atoms with Crippen LogP contribution in [-0.2, 0) is 6.42 Å². The third-order valence-electron chi connectivity index (χ3n) is 2.42. The minimum Gasteiger partial charge on any atom is -0.398 e. The highest BCUT2D eigenvalue weighted by Gasteiger charge is 1.99. The summed E-state index contributed by atoms with van der Waals surface area (Å²) in [5, 5.41) is 0. The monoisotopic (exact) mass is 192 g/mol. The number of hydrogen-bond acceptors (Lipinski definition) is 2. The van der Waals surface area contributed by atoms with Crippen molar-refractivity contribution in [1.82, 2.24) is 4.98 Å². The van der Waals surface area contributed by atoms with Gasteiger partial charge in [0.15, 0.2) is 0 Å². The highest BCUT2D eigenvalue weighted by molar-refractivity contribution is 5.44. The van der Waals surface area contributed by atoms with Crippen LogP contribution in [0.3, 0.4) is 0 Å². The minimum absolute atomic E-state index is 0.807. The number of unbranched alkanes of at least 4 members (excludes halogenated alkanes) is 1. The zero-order valence-electron chi connectivity index (χ0n) is 9.16. The Kier molecular flexibility index (Phi) is 4.44. The van der Waals surface area contributed by atoms with E-state index in [1.807, 2.05) is 12.3 Å². The molecule has 2 nitrogen and oxygen atoms in total. The normalized spacial score (nSPS) is 10.8. The molecule has 0 radical (unpaired) electrons. The second-order valence-corrected chi connectivity index (χ2v) is 4.21. The SMILES string of the molecule is CC(C)CCCCc1cnccc1N. The average Bonchev–Trinajstić information content (AvgIpc) is 2.15. The summed E-state index contributed by atoms with van der Waals surface area (Å²) >= 11 is 0. The molecule has 14 heavy (non-hydrogen) atoms. The van der Waals surface area contributed by atoms with Crippen molar-refractivity contribution < 1.29 is 0 Å². The summed E-state index contributed by atoms with van der Waals surface area (Å²) in [6.45, 7) is 4.52. The van der Waals surface area contributed by atoms with Crippen LogP contribution in [0.4, 0.5) is 5.69 Å². The largest absolute Gasteiger partial charge is 0.398 e. The number of pyridine rings is 1. The molecule has 2 heteroatoms. The van der Waals surface area contributed by atoms with Crippen LogP contribution in [0.25, 0.3) is 0 Å². The van der Waals surface area contributed by atoms with Gasteiger partial charge < -0.3 is 5.73 Å². The third-order valence-corrected chi connectivity index (χ3v) is 2.42. The van der Waals surface area contributed by atoms with E-state index in [-0.39, 0.29) is 0 Å². The first-order valence-electron chi connectivity index (χ1n) is 5.38. The number of nitrogen functional groups attached to an aromatic ring is 1. The maximum atomic E-state index is 5.82. The van der Waals surface area contributed by atoms with E-state index in [4.69, 9.17) is 5.73 Å². The predicted molar refractivity (Wildman–Crippen MR) is 61.0 cm³/mol. The zero-order valence-corrected chi connectivity index (χ0v) is 9.16. The molecule has 1 aromatic heterocycles. The minimum atomic E-state index is 0.807. The Morgan fingerprint density at radius 2 is 2.14 bits per heavy atom. The van der Waals surface area contributed by atoms with E-state index in [0.29, 0.717) is 0 Å². The van der Waals surface area contributed by atoms with Gasteiger partial charge in [-0.15, -0.1) is 0 Å². The summed E-state index contributed by atoms with van der Waals surface area (Å²) in [4.78, 5) is 4.08. The second-order valence-electron chi connectivity index (χ2n) is 4.21. The van der Waals surface area contributed by atoms with E-state index in [0.717, 1.165) is 18.0 Å². The van der Waals surface area contributed by atoms with E-state index in [2.05, 4.69) is 18.8 Å². The van der Waals surface area contributed by atoms with Crippen molar-refractivity contribution in [2.75, 3.05) is 5.73 Å². The van der Waals surface area contributed by atoms with Crippen LogP contribution >= 0.6 is 0 Å². The molecule has 0 aromatic carbocycles. The van der Waals surface area contributed by atoms with Crippen LogP contribution in [0.5, 0.6) is 0 Å². The van der Waals surface area contributed by atoms with Crippen molar-refractivity contribution >= 4 is 5.69 Å². The smallest absolute Gasteiger partial charge is 0.0377 e. The molecule has 0 unspecified atom stereocenters. The van der Waals surface area contributed by atoms with Crippen LogP contribution in [0.2, 0.25) is 0 Å². The first-order chi connectivity index (χ1) is 6.70. The molecule has 0 atom stereocenters. The van der Waals surface area contributed by atoms with Crippen LogP contribution in [-0.4, -0.2) is 4.98 Å². The second kappa shape index (κ2) is 5.63. The fraction of sp³-hybridized carbons (Fsp3) is 0.583. The highest BCUT2D eigenvalue weighted by Crippen LogP contribution is 2.14. The third kappa shape index (κ3) is 3.77. The lowest BCUT2D eigenvalue weighted by atomic mass is 10.0. The van der Waals surface area contributed by atoms with Gasteiger partial charge in [0.1, 0.15) is 0 Å². The summed E-state index contributed by atoms with van der Waals surface area (Å²) in [7, 11) is 0. The van der Waals surface area contributed by atoms with Crippen molar-refractivity contribution in [3.63, 3.8) is 0 Å². The quantitative estimate of drug-likeness (QED) is 0.728. The molecule has 0 aliphatic rings. The predicted octanol–water partition coefficient (Wildman–Crippen LogP) is 3.03. The van der Waals surface area contributed by atoms with Crippen LogP contribution in [0, 0.1) is 5.92 Å². The summed E-state index contributed by atoms with van der Waals surface area (Å²) in [6.07, 6.45) is 8.49. The fourth-order valence-electron chi connectivity index (χ4n) is 1.51. The van der Waals surface area contributed by atoms with Gasteiger partial charge >= 0.3 is 0 Å². The first-order valence-corrected chi connectivity index (χ1v) is 5.38. The Bertz CT molecular complexity index is 269. The topological polar surface area (TPSA) is 38.9 Å². The molecule has 0 amide bonds. The van der Waals surface area contributed by atoms with Gasteiger partial charge in [-0.1, -0.05) is 26.7 Å². The molecule has 1 aromatic rings. The van der Waals surface area contributed by atoms with Crippen molar-refractivity contribution in [3.8, 4) is 0 Å². The lowest BCUT2D eigenvalue weighted by molar-refractivity contribution is 0.538. The Hall–Kier alpha value is -1.05. The van der Waals surface area contributed by atoms with Crippen molar-refractivity contribution in [3.05, 3.63) is 24.0 Å². The van der Waals surface area contributed by atoms with Crippen molar-refractivity contribution in [2.24, 2.45) is 5.92 Å². The Morgan fingerprint density at radius 1 is 1.36 bits per heavy atom. The van der Waals surface area contributed by atoms with Gasteiger partial charge in [0, 0.05) is 18.1 Å². The van der Waals surface area contributed by atoms with Gasteiger partial charge in [0.2, 0.25) is 0 Å². The Morgan fingerprint density at radius 3 is 2.79 bits per heavy atom.